The molecular formula is C31H26F6O4. The van der Waals surface area contributed by atoms with E-state index in [-0.39, 0.29) is 5.56 Å². The Balaban J connectivity index is 1.19. The molecule has 0 aromatic heterocycles. The van der Waals surface area contributed by atoms with Gasteiger partial charge in [-0.2, -0.15) is 13.2 Å². The molecule has 216 valence electrons. The minimum atomic E-state index is -1.60. The Morgan fingerprint density at radius 1 is 0.634 bits per heavy atom. The number of benzene rings is 3. The van der Waals surface area contributed by atoms with Crippen molar-refractivity contribution in [3.8, 4) is 28.4 Å². The summed E-state index contributed by atoms with van der Waals surface area (Å²) < 4.78 is 90.5. The van der Waals surface area contributed by atoms with Gasteiger partial charge in [0.1, 0.15) is 0 Å². The van der Waals surface area contributed by atoms with Crippen LogP contribution < -0.4 is 4.74 Å². The first-order valence-electron chi connectivity index (χ1n) is 13.3. The van der Waals surface area contributed by atoms with Crippen LogP contribution in [-0.2, 0) is 4.79 Å². The minimum absolute atomic E-state index is 0.141. The van der Waals surface area contributed by atoms with Gasteiger partial charge >= 0.3 is 5.97 Å². The van der Waals surface area contributed by atoms with Crippen LogP contribution in [0.4, 0.5) is 26.3 Å². The maximum absolute atomic E-state index is 14.7. The van der Waals surface area contributed by atoms with Crippen molar-refractivity contribution in [1.29, 1.82) is 0 Å². The molecule has 0 saturated heterocycles. The molecule has 1 atom stereocenters. The number of rotatable bonds is 5. The van der Waals surface area contributed by atoms with Crippen LogP contribution in [0.1, 0.15) is 50.5 Å². The average Bonchev–Trinajstić information content (AvgIpc) is 2.98. The Labute approximate surface area is 231 Å². The number of halogens is 6. The van der Waals surface area contributed by atoms with Gasteiger partial charge in [-0.1, -0.05) is 6.08 Å². The molecule has 0 aliphatic heterocycles. The van der Waals surface area contributed by atoms with Crippen LogP contribution in [0, 0.1) is 52.7 Å². The summed E-state index contributed by atoms with van der Waals surface area (Å²) in [4.78, 5) is 12.7. The van der Waals surface area contributed by atoms with Crippen LogP contribution in [-0.4, -0.2) is 16.2 Å². The van der Waals surface area contributed by atoms with E-state index in [0.717, 1.165) is 36.8 Å². The summed E-state index contributed by atoms with van der Waals surface area (Å²) in [5.41, 5.74) is -0.365. The number of phenolic OH excluding ortho intramolecular Hbond substituents is 2. The van der Waals surface area contributed by atoms with E-state index in [1.165, 1.54) is 6.07 Å². The number of carbonyl (C=O) groups is 1. The molecule has 2 aliphatic carbocycles. The van der Waals surface area contributed by atoms with Gasteiger partial charge in [-0.25, -0.2) is 13.2 Å². The van der Waals surface area contributed by atoms with E-state index in [1.54, 1.807) is 0 Å². The molecule has 0 amide bonds. The molecule has 1 unspecified atom stereocenters. The molecule has 10 heteroatoms. The smallest absolute Gasteiger partial charge is 0.314 e. The maximum atomic E-state index is 14.7. The molecule has 0 heterocycles. The predicted molar refractivity (Wildman–Crippen MR) is 138 cm³/mol. The number of aromatic hydroxyl groups is 2. The highest BCUT2D eigenvalue weighted by Gasteiger charge is 2.33. The van der Waals surface area contributed by atoms with Gasteiger partial charge in [0.25, 0.3) is 0 Å². The summed E-state index contributed by atoms with van der Waals surface area (Å²) in [6.45, 7) is 0. The van der Waals surface area contributed by atoms with Crippen LogP contribution in [0.2, 0.25) is 0 Å². The van der Waals surface area contributed by atoms with Crippen molar-refractivity contribution in [2.75, 3.05) is 0 Å². The molecule has 41 heavy (non-hydrogen) atoms. The molecule has 3 aromatic carbocycles. The first-order valence-corrected chi connectivity index (χ1v) is 13.3. The van der Waals surface area contributed by atoms with Crippen molar-refractivity contribution >= 4 is 11.5 Å². The van der Waals surface area contributed by atoms with E-state index in [4.69, 9.17) is 4.74 Å². The molecule has 0 radical (unpaired) electrons. The lowest BCUT2D eigenvalue weighted by Gasteiger charge is -2.34. The normalized spacial score (nSPS) is 20.9. The van der Waals surface area contributed by atoms with Gasteiger partial charge in [0.05, 0.1) is 5.92 Å². The highest BCUT2D eigenvalue weighted by molar-refractivity contribution is 5.76. The molecule has 0 spiro atoms. The minimum Gasteiger partial charge on any atom is -0.505 e. The number of esters is 1. The van der Waals surface area contributed by atoms with E-state index in [0.29, 0.717) is 55.9 Å². The number of ether oxygens (including phenoxy) is 1. The van der Waals surface area contributed by atoms with Crippen molar-refractivity contribution in [3.05, 3.63) is 82.9 Å². The van der Waals surface area contributed by atoms with Crippen LogP contribution in [0.3, 0.4) is 0 Å². The molecule has 2 aliphatic rings. The molecule has 1 fully saturated rings. The second-order valence-electron chi connectivity index (χ2n) is 10.6. The van der Waals surface area contributed by atoms with Gasteiger partial charge in [0.15, 0.2) is 34.7 Å². The summed E-state index contributed by atoms with van der Waals surface area (Å²) in [6, 6.07) is 6.15. The van der Waals surface area contributed by atoms with Gasteiger partial charge < -0.3 is 14.9 Å². The first-order chi connectivity index (χ1) is 19.6. The molecule has 1 saturated carbocycles. The third-order valence-corrected chi connectivity index (χ3v) is 8.24. The Hall–Kier alpha value is -3.95. The third kappa shape index (κ3) is 5.52. The van der Waals surface area contributed by atoms with Crippen LogP contribution in [0.5, 0.6) is 17.2 Å². The summed E-state index contributed by atoms with van der Waals surface area (Å²) in [5.74, 6) is -11.5. The van der Waals surface area contributed by atoms with Crippen molar-refractivity contribution in [2.24, 2.45) is 17.8 Å². The first kappa shape index (κ1) is 28.6. The lowest BCUT2D eigenvalue weighted by atomic mass is 9.71. The summed E-state index contributed by atoms with van der Waals surface area (Å²) in [5, 5.41) is 18.6. The fourth-order valence-corrected chi connectivity index (χ4v) is 5.90. The SMILES string of the molecule is O=C(Oc1ccc(-c2ccc(O)c(F)c2F)c(F)c1F)C1CCC(C2CC=C(c3ccc(O)c(F)c3F)CC2)CC1. The topological polar surface area (TPSA) is 66.8 Å². The number of phenols is 2. The van der Waals surface area contributed by atoms with Gasteiger partial charge in [0.2, 0.25) is 17.5 Å². The third-order valence-electron chi connectivity index (χ3n) is 8.24. The lowest BCUT2D eigenvalue weighted by molar-refractivity contribution is -0.140. The molecule has 4 nitrogen and oxygen atoms in total. The largest absolute Gasteiger partial charge is 0.505 e. The van der Waals surface area contributed by atoms with E-state index >= 15 is 0 Å². The molecule has 0 bridgehead atoms. The highest BCUT2D eigenvalue weighted by Crippen LogP contribution is 2.43. The van der Waals surface area contributed by atoms with Crippen LogP contribution in [0.25, 0.3) is 16.7 Å². The Kier molecular flexibility index (Phi) is 8.02. The number of allylic oxidation sites excluding steroid dienone is 2. The summed E-state index contributed by atoms with van der Waals surface area (Å²) in [7, 11) is 0. The van der Waals surface area contributed by atoms with Gasteiger partial charge in [-0.15, -0.1) is 0 Å². The maximum Gasteiger partial charge on any atom is 0.314 e. The quantitative estimate of drug-likeness (QED) is 0.183. The zero-order chi connectivity index (χ0) is 29.4. The molecular weight excluding hydrogens is 550 g/mol. The van der Waals surface area contributed by atoms with Crippen LogP contribution in [0.15, 0.2) is 42.5 Å². The molecule has 5 rings (SSSR count). The number of carbonyl (C=O) groups excluding carboxylic acids is 1. The van der Waals surface area contributed by atoms with E-state index < -0.39 is 75.2 Å². The van der Waals surface area contributed by atoms with Crippen molar-refractivity contribution in [1.82, 2.24) is 0 Å². The monoisotopic (exact) mass is 576 g/mol. The van der Waals surface area contributed by atoms with Crippen molar-refractivity contribution in [2.45, 2.75) is 44.9 Å². The standard InChI is InChI=1S/C31H26F6O4/c32-25-19(9-12-22(38)28(25)35)17-5-1-15(2-6-17)16-3-7-18(8-4-16)31(40)41-24-14-11-21(27(34)30(24)37)20-10-13-23(39)29(36)26(20)33/h5,9-16,18,38-39H,1-4,6-8H2. The van der Waals surface area contributed by atoms with Gasteiger partial charge in [0, 0.05) is 16.7 Å². The molecule has 3 aromatic rings. The number of hydrogen-bond acceptors (Lipinski definition) is 4. The summed E-state index contributed by atoms with van der Waals surface area (Å²) in [6.07, 6.45) is 6.24. The highest BCUT2D eigenvalue weighted by atomic mass is 19.2. The van der Waals surface area contributed by atoms with E-state index in [9.17, 15) is 41.4 Å². The second kappa shape index (κ2) is 11.5. The Morgan fingerprint density at radius 3 is 1.76 bits per heavy atom. The number of hydrogen-bond donors (Lipinski definition) is 2. The second-order valence-corrected chi connectivity index (χ2v) is 10.6. The fourth-order valence-electron chi connectivity index (χ4n) is 5.90. The Morgan fingerprint density at radius 2 is 1.17 bits per heavy atom. The van der Waals surface area contributed by atoms with Crippen molar-refractivity contribution in [3.63, 3.8) is 0 Å². The molecule has 2 N–H and O–H groups in total. The van der Waals surface area contributed by atoms with Gasteiger partial charge in [-0.3, -0.25) is 4.79 Å². The van der Waals surface area contributed by atoms with E-state index in [1.807, 2.05) is 6.08 Å². The van der Waals surface area contributed by atoms with Crippen LogP contribution >= 0.6 is 0 Å². The average molecular weight is 577 g/mol. The predicted octanol–water partition coefficient (Wildman–Crippen LogP) is 8.19. The summed E-state index contributed by atoms with van der Waals surface area (Å²) >= 11 is 0. The van der Waals surface area contributed by atoms with Gasteiger partial charge in [-0.05, 0) is 98.8 Å². The fraction of sp³-hybridized carbons (Fsp3) is 0.323. The zero-order valence-corrected chi connectivity index (χ0v) is 21.7. The van der Waals surface area contributed by atoms with Crippen molar-refractivity contribution < 1.29 is 46.1 Å². The Bertz CT molecular complexity index is 1530. The van der Waals surface area contributed by atoms with E-state index in [2.05, 4.69) is 0 Å². The zero-order valence-electron chi connectivity index (χ0n) is 21.7. The lowest BCUT2D eigenvalue weighted by Crippen LogP contribution is -2.29.